The van der Waals surface area contributed by atoms with Crippen molar-refractivity contribution in [1.29, 1.82) is 0 Å². The van der Waals surface area contributed by atoms with Crippen molar-refractivity contribution in [1.82, 2.24) is 4.98 Å². The van der Waals surface area contributed by atoms with Crippen LogP contribution in [0, 0.1) is 0 Å². The third-order valence-electron chi connectivity index (χ3n) is 3.64. The van der Waals surface area contributed by atoms with Gasteiger partial charge in [-0.1, -0.05) is 12.1 Å². The lowest BCUT2D eigenvalue weighted by Crippen LogP contribution is -2.13. The van der Waals surface area contributed by atoms with E-state index in [2.05, 4.69) is 39.1 Å². The Morgan fingerprint density at radius 2 is 2.25 bits per heavy atom. The molecule has 0 aliphatic carbocycles. The third-order valence-corrected chi connectivity index (χ3v) is 4.31. The first-order valence-electron chi connectivity index (χ1n) is 6.84. The van der Waals surface area contributed by atoms with Crippen LogP contribution in [0.5, 0.6) is 5.75 Å². The van der Waals surface area contributed by atoms with Gasteiger partial charge in [-0.25, -0.2) is 0 Å². The van der Waals surface area contributed by atoms with Crippen molar-refractivity contribution in [2.75, 3.05) is 6.61 Å². The first kappa shape index (κ1) is 13.6. The first-order chi connectivity index (χ1) is 9.74. The average molecular weight is 333 g/mol. The van der Waals surface area contributed by atoms with E-state index in [4.69, 9.17) is 10.5 Å². The number of nitrogens with zero attached hydrogens (tertiary/aromatic N) is 1. The summed E-state index contributed by atoms with van der Waals surface area (Å²) in [7, 11) is 0. The minimum absolute atomic E-state index is 0.0462. The largest absolute Gasteiger partial charge is 0.493 e. The van der Waals surface area contributed by atoms with Crippen molar-refractivity contribution in [3.8, 4) is 5.75 Å². The van der Waals surface area contributed by atoms with Crippen LogP contribution >= 0.6 is 15.9 Å². The second-order valence-electron chi connectivity index (χ2n) is 5.06. The molecule has 1 atom stereocenters. The van der Waals surface area contributed by atoms with Crippen LogP contribution in [-0.4, -0.2) is 11.6 Å². The Kier molecular flexibility index (Phi) is 4.03. The summed E-state index contributed by atoms with van der Waals surface area (Å²) in [4.78, 5) is 4.36. The van der Waals surface area contributed by atoms with Crippen molar-refractivity contribution in [2.24, 2.45) is 5.73 Å². The van der Waals surface area contributed by atoms with Gasteiger partial charge in [-0.15, -0.1) is 0 Å². The van der Waals surface area contributed by atoms with Crippen LogP contribution in [-0.2, 0) is 12.8 Å². The molecule has 2 aromatic rings. The molecule has 0 saturated heterocycles. The van der Waals surface area contributed by atoms with Crippen LogP contribution in [0.3, 0.4) is 0 Å². The van der Waals surface area contributed by atoms with Crippen LogP contribution in [0.4, 0.5) is 0 Å². The van der Waals surface area contributed by atoms with E-state index in [0.29, 0.717) is 0 Å². The number of hydrogen-bond donors (Lipinski definition) is 1. The zero-order valence-corrected chi connectivity index (χ0v) is 12.8. The molecule has 20 heavy (non-hydrogen) atoms. The smallest absolute Gasteiger partial charge is 0.122 e. The lowest BCUT2D eigenvalue weighted by atomic mass is 10.0. The molecule has 0 spiro atoms. The van der Waals surface area contributed by atoms with Crippen molar-refractivity contribution in [3.63, 3.8) is 0 Å². The average Bonchev–Trinajstić information content (AvgIpc) is 2.92. The van der Waals surface area contributed by atoms with Gasteiger partial charge in [-0.05, 0) is 58.1 Å². The zero-order valence-electron chi connectivity index (χ0n) is 11.2. The van der Waals surface area contributed by atoms with E-state index < -0.39 is 0 Å². The van der Waals surface area contributed by atoms with Gasteiger partial charge in [0.25, 0.3) is 0 Å². The summed E-state index contributed by atoms with van der Waals surface area (Å²) >= 11 is 3.50. The quantitative estimate of drug-likeness (QED) is 0.933. The van der Waals surface area contributed by atoms with Gasteiger partial charge in [0, 0.05) is 23.1 Å². The van der Waals surface area contributed by atoms with E-state index in [0.717, 1.165) is 41.8 Å². The molecule has 1 aliphatic heterocycles. The van der Waals surface area contributed by atoms with Gasteiger partial charge in [0.1, 0.15) is 5.75 Å². The number of pyridine rings is 1. The summed E-state index contributed by atoms with van der Waals surface area (Å²) in [5.41, 5.74) is 9.80. The fraction of sp³-hybridized carbons (Fsp3) is 0.312. The second-order valence-corrected chi connectivity index (χ2v) is 5.91. The lowest BCUT2D eigenvalue weighted by Gasteiger charge is -2.13. The fourth-order valence-electron chi connectivity index (χ4n) is 2.53. The lowest BCUT2D eigenvalue weighted by molar-refractivity contribution is 0.357. The Hall–Kier alpha value is -1.39. The molecule has 1 aliphatic rings. The van der Waals surface area contributed by atoms with Crippen LogP contribution in [0.1, 0.15) is 29.3 Å². The molecule has 0 radical (unpaired) electrons. The first-order valence-corrected chi connectivity index (χ1v) is 7.64. The van der Waals surface area contributed by atoms with Gasteiger partial charge in [0.2, 0.25) is 0 Å². The predicted molar refractivity (Wildman–Crippen MR) is 82.8 cm³/mol. The van der Waals surface area contributed by atoms with E-state index in [1.807, 2.05) is 12.1 Å². The van der Waals surface area contributed by atoms with Crippen molar-refractivity contribution >= 4 is 15.9 Å². The Labute approximate surface area is 127 Å². The molecular weight excluding hydrogens is 316 g/mol. The topological polar surface area (TPSA) is 48.1 Å². The maximum Gasteiger partial charge on any atom is 0.122 e. The van der Waals surface area contributed by atoms with Gasteiger partial charge in [0.05, 0.1) is 12.3 Å². The summed E-state index contributed by atoms with van der Waals surface area (Å²) in [6.45, 7) is 0.805. The second kappa shape index (κ2) is 5.94. The maximum absolute atomic E-state index is 6.24. The molecule has 3 rings (SSSR count). The molecule has 0 bridgehead atoms. The van der Waals surface area contributed by atoms with Crippen molar-refractivity contribution in [3.05, 3.63) is 57.8 Å². The number of ether oxygens (including phenoxy) is 1. The molecule has 1 aromatic heterocycles. The van der Waals surface area contributed by atoms with Crippen LogP contribution in [0.15, 0.2) is 41.0 Å². The van der Waals surface area contributed by atoms with E-state index in [1.54, 1.807) is 6.20 Å². The van der Waals surface area contributed by atoms with Gasteiger partial charge >= 0.3 is 0 Å². The molecule has 1 unspecified atom stereocenters. The Bertz CT molecular complexity index is 615. The summed E-state index contributed by atoms with van der Waals surface area (Å²) < 4.78 is 6.50. The molecule has 1 aromatic carbocycles. The molecule has 2 N–H and O–H groups in total. The molecular formula is C16H17BrN2O. The number of benzene rings is 1. The summed E-state index contributed by atoms with van der Waals surface area (Å²) in [6, 6.07) is 10.3. The van der Waals surface area contributed by atoms with Crippen molar-refractivity contribution in [2.45, 2.75) is 25.3 Å². The number of aryl methyl sites for hydroxylation is 1. The van der Waals surface area contributed by atoms with Crippen molar-refractivity contribution < 1.29 is 4.74 Å². The molecule has 3 nitrogen and oxygen atoms in total. The van der Waals surface area contributed by atoms with E-state index in [9.17, 15) is 0 Å². The molecule has 0 amide bonds. The Morgan fingerprint density at radius 1 is 1.35 bits per heavy atom. The molecule has 104 valence electrons. The minimum atomic E-state index is -0.0462. The summed E-state index contributed by atoms with van der Waals surface area (Å²) in [5, 5.41) is 0. The normalized spacial score (nSPS) is 14.7. The van der Waals surface area contributed by atoms with E-state index in [1.165, 1.54) is 11.1 Å². The number of hydrogen-bond acceptors (Lipinski definition) is 3. The van der Waals surface area contributed by atoms with E-state index >= 15 is 0 Å². The highest BCUT2D eigenvalue weighted by atomic mass is 79.9. The Balaban J connectivity index is 1.66. The van der Waals surface area contributed by atoms with Crippen LogP contribution in [0.25, 0.3) is 0 Å². The Morgan fingerprint density at radius 3 is 3.10 bits per heavy atom. The van der Waals surface area contributed by atoms with Gasteiger partial charge < -0.3 is 10.5 Å². The zero-order chi connectivity index (χ0) is 13.9. The third kappa shape index (κ3) is 2.86. The number of halogens is 1. The van der Waals surface area contributed by atoms with Crippen LogP contribution < -0.4 is 10.5 Å². The van der Waals surface area contributed by atoms with E-state index in [-0.39, 0.29) is 6.04 Å². The highest BCUT2D eigenvalue weighted by Gasteiger charge is 2.14. The SMILES string of the molecule is NC(CCc1ccc2c(c1)CCO2)c1ncccc1Br. The highest BCUT2D eigenvalue weighted by Crippen LogP contribution is 2.27. The molecule has 0 saturated carbocycles. The monoisotopic (exact) mass is 332 g/mol. The highest BCUT2D eigenvalue weighted by molar-refractivity contribution is 9.10. The van der Waals surface area contributed by atoms with Gasteiger partial charge in [-0.2, -0.15) is 0 Å². The fourth-order valence-corrected chi connectivity index (χ4v) is 3.07. The molecule has 4 heteroatoms. The van der Waals surface area contributed by atoms with Crippen LogP contribution in [0.2, 0.25) is 0 Å². The number of rotatable bonds is 4. The summed E-state index contributed by atoms with van der Waals surface area (Å²) in [5.74, 6) is 1.03. The standard InChI is InChI=1S/C16H17BrN2O/c17-13-2-1-8-19-16(13)14(18)5-3-11-4-6-15-12(10-11)7-9-20-15/h1-2,4,6,8,10,14H,3,5,7,9,18H2. The number of aromatic nitrogens is 1. The van der Waals surface area contributed by atoms with Gasteiger partial charge in [-0.3, -0.25) is 4.98 Å². The van der Waals surface area contributed by atoms with Gasteiger partial charge in [0.15, 0.2) is 0 Å². The molecule has 2 heterocycles. The number of fused-ring (bicyclic) bond motifs is 1. The minimum Gasteiger partial charge on any atom is -0.493 e. The predicted octanol–water partition coefficient (Wildman–Crippen LogP) is 3.41. The number of nitrogens with two attached hydrogens (primary N) is 1. The molecule has 0 fully saturated rings. The summed E-state index contributed by atoms with van der Waals surface area (Å²) in [6.07, 6.45) is 4.64. The maximum atomic E-state index is 6.24.